The fourth-order valence-electron chi connectivity index (χ4n) is 3.43. The molecular weight excluding hydrogens is 420 g/mol. The van der Waals surface area contributed by atoms with Crippen LogP contribution < -0.4 is 21.9 Å². The van der Waals surface area contributed by atoms with E-state index in [2.05, 4.69) is 10.1 Å². The van der Waals surface area contributed by atoms with Crippen LogP contribution in [-0.4, -0.2) is 31.8 Å². The summed E-state index contributed by atoms with van der Waals surface area (Å²) in [4.78, 5) is 41.7. The third-order valence-electron chi connectivity index (χ3n) is 5.26. The van der Waals surface area contributed by atoms with Crippen molar-refractivity contribution in [2.45, 2.75) is 46.1 Å². The van der Waals surface area contributed by atoms with Gasteiger partial charge in [0.25, 0.3) is 11.5 Å². The smallest absolute Gasteiger partial charge is 0.330 e. The van der Waals surface area contributed by atoms with Gasteiger partial charge in [0.15, 0.2) is 5.69 Å². The zero-order valence-corrected chi connectivity index (χ0v) is 19.0. The molecule has 2 heterocycles. The molecule has 0 aliphatic carbocycles. The Bertz CT molecular complexity index is 1220. The molecule has 0 unspecified atom stereocenters. The average molecular weight is 451 g/mol. The first-order chi connectivity index (χ1) is 16.0. The molecule has 0 bridgehead atoms. The summed E-state index contributed by atoms with van der Waals surface area (Å²) < 4.78 is 3.03. The van der Waals surface area contributed by atoms with Gasteiger partial charge in [-0.3, -0.25) is 19.1 Å². The third kappa shape index (κ3) is 5.68. The van der Waals surface area contributed by atoms with E-state index >= 15 is 0 Å². The number of benzene rings is 1. The van der Waals surface area contributed by atoms with Gasteiger partial charge in [0.1, 0.15) is 5.82 Å². The molecule has 0 spiro atoms. The molecular formula is C24H30N6O3. The number of hydrogen-bond donors (Lipinski definition) is 2. The van der Waals surface area contributed by atoms with Crippen molar-refractivity contribution in [2.75, 3.05) is 17.2 Å². The third-order valence-corrected chi connectivity index (χ3v) is 5.26. The standard InChI is InChI=1S/C24H30N6O3/c1-3-5-14-28(21-22(25)29(15-6-4-2)24(33)27-23(21)32)20(31)13-12-18-16-26-30(17-18)19-10-8-7-9-11-19/h7-13,16-17H,3-6,14-15,25H2,1-2H3,(H,27,32,33)/b13-12+. The highest BCUT2D eigenvalue weighted by Gasteiger charge is 2.22. The molecule has 2 aromatic heterocycles. The maximum absolute atomic E-state index is 13.1. The van der Waals surface area contributed by atoms with E-state index < -0.39 is 17.2 Å². The first-order valence-corrected chi connectivity index (χ1v) is 11.2. The molecule has 0 aliphatic rings. The Morgan fingerprint density at radius 1 is 1.15 bits per heavy atom. The number of para-hydroxylation sites is 1. The number of aromatic amines is 1. The minimum Gasteiger partial charge on any atom is -0.383 e. The topological polar surface area (TPSA) is 119 Å². The van der Waals surface area contributed by atoms with Gasteiger partial charge in [-0.2, -0.15) is 5.10 Å². The van der Waals surface area contributed by atoms with E-state index in [0.717, 1.165) is 30.5 Å². The van der Waals surface area contributed by atoms with Crippen molar-refractivity contribution in [1.29, 1.82) is 0 Å². The number of nitrogens with one attached hydrogen (secondary N) is 1. The van der Waals surface area contributed by atoms with Gasteiger partial charge >= 0.3 is 5.69 Å². The van der Waals surface area contributed by atoms with E-state index in [9.17, 15) is 14.4 Å². The minimum atomic E-state index is -0.667. The number of rotatable bonds is 10. The van der Waals surface area contributed by atoms with E-state index in [1.165, 1.54) is 15.5 Å². The first-order valence-electron chi connectivity index (χ1n) is 11.2. The number of hydrogen-bond acceptors (Lipinski definition) is 5. The molecule has 1 aromatic carbocycles. The van der Waals surface area contributed by atoms with Gasteiger partial charge in [-0.15, -0.1) is 0 Å². The molecule has 33 heavy (non-hydrogen) atoms. The van der Waals surface area contributed by atoms with E-state index in [1.54, 1.807) is 17.0 Å². The SMILES string of the molecule is CCCCN(C(=O)/C=C/c1cnn(-c2ccccc2)c1)c1c(N)n(CCCC)c(=O)[nH]c1=O. The van der Waals surface area contributed by atoms with Crippen LogP contribution in [0.5, 0.6) is 0 Å². The summed E-state index contributed by atoms with van der Waals surface area (Å²) in [7, 11) is 0. The lowest BCUT2D eigenvalue weighted by atomic mass is 10.2. The second-order valence-corrected chi connectivity index (χ2v) is 7.73. The van der Waals surface area contributed by atoms with Gasteiger partial charge in [-0.05, 0) is 31.1 Å². The van der Waals surface area contributed by atoms with Crippen molar-refractivity contribution < 1.29 is 4.79 Å². The highest BCUT2D eigenvalue weighted by atomic mass is 16.2. The van der Waals surface area contributed by atoms with Gasteiger partial charge < -0.3 is 10.6 Å². The fourth-order valence-corrected chi connectivity index (χ4v) is 3.43. The molecule has 0 aliphatic heterocycles. The highest BCUT2D eigenvalue weighted by molar-refractivity contribution is 6.05. The van der Waals surface area contributed by atoms with E-state index in [4.69, 9.17) is 5.73 Å². The van der Waals surface area contributed by atoms with Crippen LogP contribution in [0.4, 0.5) is 11.5 Å². The monoisotopic (exact) mass is 450 g/mol. The summed E-state index contributed by atoms with van der Waals surface area (Å²) in [5, 5.41) is 4.32. The lowest BCUT2D eigenvalue weighted by molar-refractivity contribution is -0.114. The predicted molar refractivity (Wildman–Crippen MR) is 131 cm³/mol. The van der Waals surface area contributed by atoms with Crippen LogP contribution >= 0.6 is 0 Å². The van der Waals surface area contributed by atoms with Crippen molar-refractivity contribution in [3.63, 3.8) is 0 Å². The second-order valence-electron chi connectivity index (χ2n) is 7.73. The van der Waals surface area contributed by atoms with Crippen LogP contribution in [0.25, 0.3) is 11.8 Å². The number of H-pyrrole nitrogens is 1. The molecule has 3 aromatic rings. The number of aromatic nitrogens is 4. The molecule has 3 rings (SSSR count). The Labute approximate surface area is 192 Å². The Hall–Kier alpha value is -3.88. The van der Waals surface area contributed by atoms with Crippen molar-refractivity contribution in [3.05, 3.63) is 75.2 Å². The van der Waals surface area contributed by atoms with Crippen LogP contribution in [0.3, 0.4) is 0 Å². The molecule has 9 nitrogen and oxygen atoms in total. The Morgan fingerprint density at radius 3 is 2.58 bits per heavy atom. The van der Waals surface area contributed by atoms with Crippen LogP contribution in [0.1, 0.15) is 45.1 Å². The normalized spacial score (nSPS) is 11.2. The zero-order chi connectivity index (χ0) is 23.8. The number of carbonyl (C=O) groups excluding carboxylic acids is 1. The maximum atomic E-state index is 13.1. The molecule has 9 heteroatoms. The molecule has 0 atom stereocenters. The van der Waals surface area contributed by atoms with Crippen molar-refractivity contribution in [1.82, 2.24) is 19.3 Å². The molecule has 0 radical (unpaired) electrons. The maximum Gasteiger partial charge on any atom is 0.330 e. The molecule has 0 fully saturated rings. The van der Waals surface area contributed by atoms with Crippen LogP contribution in [-0.2, 0) is 11.3 Å². The number of unbranched alkanes of at least 4 members (excludes halogenated alkanes) is 2. The second kappa shape index (κ2) is 11.1. The summed E-state index contributed by atoms with van der Waals surface area (Å²) in [6, 6.07) is 9.63. The van der Waals surface area contributed by atoms with E-state index in [1.807, 2.05) is 50.4 Å². The van der Waals surface area contributed by atoms with E-state index in [-0.39, 0.29) is 11.5 Å². The number of anilines is 2. The summed E-state index contributed by atoms with van der Waals surface area (Å²) in [5.41, 5.74) is 6.63. The number of nitrogen functional groups attached to an aromatic ring is 1. The predicted octanol–water partition coefficient (Wildman–Crippen LogP) is 2.95. The quantitative estimate of drug-likeness (QED) is 0.460. The van der Waals surface area contributed by atoms with Gasteiger partial charge in [0.05, 0.1) is 11.9 Å². The fraction of sp³-hybridized carbons (Fsp3) is 0.333. The Balaban J connectivity index is 1.91. The first kappa shape index (κ1) is 23.8. The van der Waals surface area contributed by atoms with Crippen LogP contribution in [0, 0.1) is 0 Å². The number of amides is 1. The zero-order valence-electron chi connectivity index (χ0n) is 19.0. The molecule has 3 N–H and O–H groups in total. The molecule has 174 valence electrons. The highest BCUT2D eigenvalue weighted by Crippen LogP contribution is 2.19. The van der Waals surface area contributed by atoms with Gasteiger partial charge in [0, 0.05) is 30.9 Å². The average Bonchev–Trinajstić information content (AvgIpc) is 3.29. The van der Waals surface area contributed by atoms with Crippen molar-refractivity contribution in [2.24, 2.45) is 0 Å². The summed E-state index contributed by atoms with van der Waals surface area (Å²) in [6.07, 6.45) is 9.58. The summed E-state index contributed by atoms with van der Waals surface area (Å²) >= 11 is 0. The van der Waals surface area contributed by atoms with Gasteiger partial charge in [-0.25, -0.2) is 9.48 Å². The lowest BCUT2D eigenvalue weighted by Gasteiger charge is -2.23. The van der Waals surface area contributed by atoms with Crippen molar-refractivity contribution in [3.8, 4) is 5.69 Å². The van der Waals surface area contributed by atoms with Gasteiger partial charge in [-0.1, -0.05) is 44.9 Å². The van der Waals surface area contributed by atoms with Crippen LogP contribution in [0.2, 0.25) is 0 Å². The molecule has 1 amide bonds. The van der Waals surface area contributed by atoms with Crippen molar-refractivity contribution >= 4 is 23.5 Å². The summed E-state index contributed by atoms with van der Waals surface area (Å²) in [5.74, 6) is -0.388. The number of nitrogens with two attached hydrogens (primary N) is 1. The Morgan fingerprint density at radius 2 is 1.88 bits per heavy atom. The van der Waals surface area contributed by atoms with Gasteiger partial charge in [0.2, 0.25) is 0 Å². The number of carbonyl (C=O) groups is 1. The summed E-state index contributed by atoms with van der Waals surface area (Å²) in [6.45, 7) is 4.67. The minimum absolute atomic E-state index is 0.00644. The largest absolute Gasteiger partial charge is 0.383 e. The Kier molecular flexibility index (Phi) is 8.01. The van der Waals surface area contributed by atoms with E-state index in [0.29, 0.717) is 19.5 Å². The molecule has 0 saturated carbocycles. The number of nitrogens with zero attached hydrogens (tertiary/aromatic N) is 4. The van der Waals surface area contributed by atoms with Crippen LogP contribution in [0.15, 0.2) is 58.4 Å². The lowest BCUT2D eigenvalue weighted by Crippen LogP contribution is -2.41. The molecule has 0 saturated heterocycles.